The van der Waals surface area contributed by atoms with Crippen molar-refractivity contribution in [3.8, 4) is 0 Å². The molecule has 1 saturated heterocycles. The average Bonchev–Trinajstić information content (AvgIpc) is 3.18. The van der Waals surface area contributed by atoms with Crippen LogP contribution >= 0.6 is 0 Å². The van der Waals surface area contributed by atoms with E-state index in [0.717, 1.165) is 5.69 Å². The molecule has 0 spiro atoms. The first-order chi connectivity index (χ1) is 11.9. The van der Waals surface area contributed by atoms with Gasteiger partial charge in [-0.1, -0.05) is 31.1 Å². The van der Waals surface area contributed by atoms with Crippen LogP contribution in [-0.2, 0) is 16.1 Å². The molecule has 2 amide bonds. The van der Waals surface area contributed by atoms with Crippen LogP contribution in [0.3, 0.4) is 0 Å². The minimum absolute atomic E-state index is 0.0188. The minimum atomic E-state index is -0.342. The first kappa shape index (κ1) is 17.2. The van der Waals surface area contributed by atoms with Crippen LogP contribution in [0.25, 0.3) is 0 Å². The van der Waals surface area contributed by atoms with Crippen LogP contribution in [-0.4, -0.2) is 23.5 Å². The Bertz CT molecular complexity index is 764. The molecule has 6 heteroatoms. The van der Waals surface area contributed by atoms with Gasteiger partial charge >= 0.3 is 0 Å². The number of nitrogens with zero attached hydrogens (tertiary/aromatic N) is 2. The molecule has 1 aromatic heterocycles. The van der Waals surface area contributed by atoms with Crippen LogP contribution in [0.5, 0.6) is 0 Å². The molecule has 1 aliphatic rings. The Morgan fingerprint density at radius 1 is 1.36 bits per heavy atom. The zero-order valence-corrected chi connectivity index (χ0v) is 14.8. The normalized spacial score (nSPS) is 17.4. The third kappa shape index (κ3) is 3.90. The first-order valence-corrected chi connectivity index (χ1v) is 8.54. The lowest BCUT2D eigenvalue weighted by molar-refractivity contribution is -0.126. The molecule has 6 nitrogen and oxygen atoms in total. The molecule has 3 rings (SSSR count). The minimum Gasteiger partial charge on any atom is -0.361 e. The Labute approximate surface area is 147 Å². The second-order valence-electron chi connectivity index (χ2n) is 6.80. The quantitative estimate of drug-likeness (QED) is 0.907. The summed E-state index contributed by atoms with van der Waals surface area (Å²) in [6.07, 6.45) is 0.232. The summed E-state index contributed by atoms with van der Waals surface area (Å²) in [5, 5.41) is 6.68. The van der Waals surface area contributed by atoms with E-state index >= 15 is 0 Å². The monoisotopic (exact) mass is 341 g/mol. The van der Waals surface area contributed by atoms with Crippen molar-refractivity contribution in [1.82, 2.24) is 10.5 Å². The lowest BCUT2D eigenvalue weighted by Crippen LogP contribution is -2.32. The van der Waals surface area contributed by atoms with Crippen molar-refractivity contribution in [2.45, 2.75) is 39.7 Å². The number of hydrogen-bond donors (Lipinski definition) is 1. The maximum Gasteiger partial charge on any atom is 0.227 e. The van der Waals surface area contributed by atoms with Crippen molar-refractivity contribution in [3.63, 3.8) is 0 Å². The molecule has 2 heterocycles. The van der Waals surface area contributed by atoms with E-state index in [0.29, 0.717) is 30.5 Å². The molecule has 1 aliphatic heterocycles. The number of carbonyl (C=O) groups is 2. The van der Waals surface area contributed by atoms with Crippen LogP contribution in [0.1, 0.15) is 43.2 Å². The number of amides is 2. The summed E-state index contributed by atoms with van der Waals surface area (Å²) in [5.74, 6) is 0.661. The van der Waals surface area contributed by atoms with Gasteiger partial charge in [0, 0.05) is 24.7 Å². The SMILES string of the molecule is Cc1cc(CNC(=O)C2CC(=O)N(c3ccc(C(C)C)cc3)C2)no1. The predicted octanol–water partition coefficient (Wildman–Crippen LogP) is 2.78. The van der Waals surface area contributed by atoms with E-state index in [1.165, 1.54) is 5.56 Å². The predicted molar refractivity (Wildman–Crippen MR) is 94.1 cm³/mol. The lowest BCUT2D eigenvalue weighted by atomic mass is 10.0. The summed E-state index contributed by atoms with van der Waals surface area (Å²) in [4.78, 5) is 26.3. The number of aromatic nitrogens is 1. The number of benzene rings is 1. The summed E-state index contributed by atoms with van der Waals surface area (Å²) >= 11 is 0. The maximum absolute atomic E-state index is 12.3. The first-order valence-electron chi connectivity index (χ1n) is 8.54. The van der Waals surface area contributed by atoms with E-state index < -0.39 is 0 Å². The van der Waals surface area contributed by atoms with Crippen LogP contribution in [0.15, 0.2) is 34.9 Å². The van der Waals surface area contributed by atoms with Crippen LogP contribution in [0.4, 0.5) is 5.69 Å². The Hall–Kier alpha value is -2.63. The van der Waals surface area contributed by atoms with Crippen LogP contribution < -0.4 is 10.2 Å². The average molecular weight is 341 g/mol. The van der Waals surface area contributed by atoms with Gasteiger partial charge in [0.05, 0.1) is 12.5 Å². The fraction of sp³-hybridized carbons (Fsp3) is 0.421. The van der Waals surface area contributed by atoms with Crippen molar-refractivity contribution in [1.29, 1.82) is 0 Å². The van der Waals surface area contributed by atoms with Crippen LogP contribution in [0.2, 0.25) is 0 Å². The van der Waals surface area contributed by atoms with E-state index in [2.05, 4.69) is 24.3 Å². The molecule has 1 atom stereocenters. The molecule has 1 fully saturated rings. The molecule has 1 aromatic carbocycles. The highest BCUT2D eigenvalue weighted by molar-refractivity contribution is 6.00. The van der Waals surface area contributed by atoms with Gasteiger partial charge in [-0.15, -0.1) is 0 Å². The van der Waals surface area contributed by atoms with E-state index in [4.69, 9.17) is 4.52 Å². The van der Waals surface area contributed by atoms with Gasteiger partial charge in [-0.05, 0) is 30.5 Å². The molecule has 1 unspecified atom stereocenters. The smallest absolute Gasteiger partial charge is 0.227 e. The van der Waals surface area contributed by atoms with Crippen molar-refractivity contribution in [3.05, 3.63) is 47.3 Å². The van der Waals surface area contributed by atoms with Crippen molar-refractivity contribution < 1.29 is 14.1 Å². The van der Waals surface area contributed by atoms with Gasteiger partial charge in [0.25, 0.3) is 0 Å². The fourth-order valence-corrected chi connectivity index (χ4v) is 3.00. The van der Waals surface area contributed by atoms with Crippen molar-refractivity contribution in [2.75, 3.05) is 11.4 Å². The fourth-order valence-electron chi connectivity index (χ4n) is 3.00. The molecule has 0 aliphatic carbocycles. The summed E-state index contributed by atoms with van der Waals surface area (Å²) in [7, 11) is 0. The highest BCUT2D eigenvalue weighted by atomic mass is 16.5. The highest BCUT2D eigenvalue weighted by Crippen LogP contribution is 2.27. The van der Waals surface area contributed by atoms with Gasteiger partial charge in [-0.3, -0.25) is 9.59 Å². The second kappa shape index (κ2) is 7.09. The molecule has 0 bridgehead atoms. The number of aryl methyl sites for hydroxylation is 1. The van der Waals surface area contributed by atoms with Gasteiger partial charge in [0.15, 0.2) is 0 Å². The third-order valence-corrected chi connectivity index (χ3v) is 4.49. The zero-order chi connectivity index (χ0) is 18.0. The number of carbonyl (C=O) groups excluding carboxylic acids is 2. The summed E-state index contributed by atoms with van der Waals surface area (Å²) < 4.78 is 4.98. The molecule has 1 N–H and O–H groups in total. The third-order valence-electron chi connectivity index (χ3n) is 4.49. The molecule has 2 aromatic rings. The second-order valence-corrected chi connectivity index (χ2v) is 6.80. The van der Waals surface area contributed by atoms with E-state index in [1.807, 2.05) is 24.3 Å². The number of rotatable bonds is 5. The lowest BCUT2D eigenvalue weighted by Gasteiger charge is -2.17. The summed E-state index contributed by atoms with van der Waals surface area (Å²) in [5.41, 5.74) is 2.75. The van der Waals surface area contributed by atoms with Gasteiger partial charge in [0.2, 0.25) is 11.8 Å². The standard InChI is InChI=1S/C19H23N3O3/c1-12(2)14-4-6-17(7-5-14)22-11-15(9-18(22)23)19(24)20-10-16-8-13(3)25-21-16/h4-8,12,15H,9-11H2,1-3H3,(H,20,24). The number of anilines is 1. The Morgan fingerprint density at radius 3 is 2.68 bits per heavy atom. The number of hydrogen-bond acceptors (Lipinski definition) is 4. The maximum atomic E-state index is 12.3. The summed E-state index contributed by atoms with van der Waals surface area (Å²) in [6, 6.07) is 9.75. The Kier molecular flexibility index (Phi) is 4.88. The van der Waals surface area contributed by atoms with Gasteiger partial charge < -0.3 is 14.7 Å². The Balaban J connectivity index is 1.60. The number of nitrogens with one attached hydrogen (secondary N) is 1. The molecular formula is C19H23N3O3. The van der Waals surface area contributed by atoms with E-state index in [1.54, 1.807) is 17.9 Å². The summed E-state index contributed by atoms with van der Waals surface area (Å²) in [6.45, 7) is 6.78. The van der Waals surface area contributed by atoms with Gasteiger partial charge in [0.1, 0.15) is 11.5 Å². The molecule has 0 radical (unpaired) electrons. The Morgan fingerprint density at radius 2 is 2.08 bits per heavy atom. The zero-order valence-electron chi connectivity index (χ0n) is 14.8. The highest BCUT2D eigenvalue weighted by Gasteiger charge is 2.35. The molecule has 132 valence electrons. The topological polar surface area (TPSA) is 75.4 Å². The van der Waals surface area contributed by atoms with Gasteiger partial charge in [-0.25, -0.2) is 0 Å². The molecule has 0 saturated carbocycles. The van der Waals surface area contributed by atoms with Crippen molar-refractivity contribution >= 4 is 17.5 Å². The van der Waals surface area contributed by atoms with E-state index in [-0.39, 0.29) is 24.2 Å². The largest absolute Gasteiger partial charge is 0.361 e. The molecule has 25 heavy (non-hydrogen) atoms. The van der Waals surface area contributed by atoms with Gasteiger partial charge in [-0.2, -0.15) is 0 Å². The van der Waals surface area contributed by atoms with Crippen LogP contribution in [0, 0.1) is 12.8 Å². The van der Waals surface area contributed by atoms with E-state index in [9.17, 15) is 9.59 Å². The van der Waals surface area contributed by atoms with Crippen molar-refractivity contribution in [2.24, 2.45) is 5.92 Å². The molecular weight excluding hydrogens is 318 g/mol.